The van der Waals surface area contributed by atoms with Crippen molar-refractivity contribution in [3.63, 3.8) is 0 Å². The van der Waals surface area contributed by atoms with Crippen LogP contribution >= 0.6 is 0 Å². The second kappa shape index (κ2) is 11.4. The summed E-state index contributed by atoms with van der Waals surface area (Å²) >= 11 is 0. The number of nitrogens with one attached hydrogen (secondary N) is 1. The van der Waals surface area contributed by atoms with E-state index in [4.69, 9.17) is 9.47 Å². The zero-order chi connectivity index (χ0) is 27.4. The third-order valence-electron chi connectivity index (χ3n) is 7.12. The summed E-state index contributed by atoms with van der Waals surface area (Å²) in [6, 6.07) is 28.7. The number of carbonyl (C=O) groups is 2. The molecule has 198 valence electrons. The molecule has 0 saturated carbocycles. The zero-order valence-corrected chi connectivity index (χ0v) is 22.0. The average molecular weight is 522 g/mol. The number of amides is 1. The van der Waals surface area contributed by atoms with Gasteiger partial charge in [0.2, 0.25) is 0 Å². The first-order chi connectivity index (χ1) is 18.9. The molecule has 39 heavy (non-hydrogen) atoms. The van der Waals surface area contributed by atoms with Gasteiger partial charge in [-0.05, 0) is 58.4 Å². The van der Waals surface area contributed by atoms with E-state index in [1.54, 1.807) is 0 Å². The molecular weight excluding hydrogens is 490 g/mol. The lowest BCUT2D eigenvalue weighted by atomic mass is 9.98. The lowest BCUT2D eigenvalue weighted by Crippen LogP contribution is -2.43. The minimum atomic E-state index is -1.13. The van der Waals surface area contributed by atoms with Gasteiger partial charge in [-0.15, -0.1) is 0 Å². The number of fused-ring (bicyclic) bond motifs is 3. The molecule has 1 aliphatic carbocycles. The van der Waals surface area contributed by atoms with Crippen LogP contribution in [0.15, 0.2) is 91.0 Å². The average Bonchev–Trinajstić information content (AvgIpc) is 3.25. The molecule has 4 aromatic carbocycles. The Hall–Kier alpha value is -4.58. The first-order valence-electron chi connectivity index (χ1n) is 13.0. The molecule has 1 aliphatic rings. The number of benzene rings is 4. The fourth-order valence-electron chi connectivity index (χ4n) is 5.33. The molecule has 0 heterocycles. The van der Waals surface area contributed by atoms with Crippen LogP contribution in [0.2, 0.25) is 0 Å². The number of alkyl carbamates (subject to hydrolysis) is 1. The van der Waals surface area contributed by atoms with Gasteiger partial charge in [0, 0.05) is 12.3 Å². The van der Waals surface area contributed by atoms with E-state index in [1.807, 2.05) is 92.7 Å². The summed E-state index contributed by atoms with van der Waals surface area (Å²) in [4.78, 5) is 24.7. The first kappa shape index (κ1) is 26.0. The minimum Gasteiger partial charge on any atom is -0.488 e. The molecule has 0 aliphatic heterocycles. The Labute approximate surface area is 228 Å². The smallest absolute Gasteiger partial charge is 0.407 e. The summed E-state index contributed by atoms with van der Waals surface area (Å²) in [5.41, 5.74) is 8.14. The van der Waals surface area contributed by atoms with Gasteiger partial charge in [0.15, 0.2) is 0 Å². The summed E-state index contributed by atoms with van der Waals surface area (Å²) in [7, 11) is 0. The van der Waals surface area contributed by atoms with Crippen LogP contribution in [-0.4, -0.2) is 29.8 Å². The van der Waals surface area contributed by atoms with Gasteiger partial charge in [-0.3, -0.25) is 0 Å². The monoisotopic (exact) mass is 521 g/mol. The number of aliphatic carboxylic acids is 1. The van der Waals surface area contributed by atoms with Crippen molar-refractivity contribution in [3.8, 4) is 16.9 Å². The third-order valence-corrected chi connectivity index (χ3v) is 7.12. The van der Waals surface area contributed by atoms with E-state index in [9.17, 15) is 14.7 Å². The number of rotatable bonds is 9. The van der Waals surface area contributed by atoms with Gasteiger partial charge in [-0.25, -0.2) is 9.59 Å². The molecule has 0 aromatic heterocycles. The number of ether oxygens (including phenoxy) is 2. The lowest BCUT2D eigenvalue weighted by molar-refractivity contribution is -0.139. The highest BCUT2D eigenvalue weighted by Crippen LogP contribution is 2.44. The molecular formula is C33H31NO5. The molecule has 1 unspecified atom stereocenters. The van der Waals surface area contributed by atoms with Crippen molar-refractivity contribution in [1.29, 1.82) is 0 Å². The molecule has 0 saturated heterocycles. The predicted molar refractivity (Wildman–Crippen MR) is 150 cm³/mol. The van der Waals surface area contributed by atoms with E-state index in [0.29, 0.717) is 6.61 Å². The van der Waals surface area contributed by atoms with Gasteiger partial charge in [0.05, 0.1) is 0 Å². The molecule has 2 N–H and O–H groups in total. The fraction of sp³-hybridized carbons (Fsp3) is 0.212. The Kier molecular flexibility index (Phi) is 7.64. The standard InChI is InChI=1S/C33H31NO5/c1-21-16-24(17-22(2)31(21)38-19-23-10-4-3-5-11-23)18-30(32(35)36)34-33(37)39-20-29-27-14-8-6-12-25(27)26-13-7-9-15-28(26)29/h3-17,29-30H,18-20H2,1-2H3,(H,34,37)(H,35,36). The maximum atomic E-state index is 12.7. The summed E-state index contributed by atoms with van der Waals surface area (Å²) in [6.07, 6.45) is -0.624. The van der Waals surface area contributed by atoms with E-state index in [-0.39, 0.29) is 18.9 Å². The van der Waals surface area contributed by atoms with Crippen molar-refractivity contribution in [2.75, 3.05) is 6.61 Å². The van der Waals surface area contributed by atoms with Crippen molar-refractivity contribution < 1.29 is 24.2 Å². The van der Waals surface area contributed by atoms with Crippen LogP contribution in [0, 0.1) is 13.8 Å². The number of hydrogen-bond acceptors (Lipinski definition) is 4. The highest BCUT2D eigenvalue weighted by molar-refractivity contribution is 5.81. The van der Waals surface area contributed by atoms with Crippen molar-refractivity contribution >= 4 is 12.1 Å². The Bertz CT molecular complexity index is 1430. The molecule has 0 radical (unpaired) electrons. The van der Waals surface area contributed by atoms with Crippen LogP contribution in [0.25, 0.3) is 11.1 Å². The van der Waals surface area contributed by atoms with Gasteiger partial charge >= 0.3 is 12.1 Å². The van der Waals surface area contributed by atoms with Crippen LogP contribution in [0.4, 0.5) is 4.79 Å². The number of carbonyl (C=O) groups excluding carboxylic acids is 1. The Morgan fingerprint density at radius 2 is 1.38 bits per heavy atom. The number of carboxylic acid groups (broad SMARTS) is 1. The SMILES string of the molecule is Cc1cc(CC(NC(=O)OCC2c3ccccc3-c3ccccc32)C(=O)O)cc(C)c1OCc1ccccc1. The van der Waals surface area contributed by atoms with Crippen LogP contribution in [0.5, 0.6) is 5.75 Å². The van der Waals surface area contributed by atoms with E-state index in [2.05, 4.69) is 17.4 Å². The summed E-state index contributed by atoms with van der Waals surface area (Å²) in [5, 5.41) is 12.4. The van der Waals surface area contributed by atoms with Crippen LogP contribution in [-0.2, 0) is 22.6 Å². The summed E-state index contributed by atoms with van der Waals surface area (Å²) in [5.74, 6) is -0.442. The molecule has 0 spiro atoms. The molecule has 5 rings (SSSR count). The number of carboxylic acids is 1. The highest BCUT2D eigenvalue weighted by Gasteiger charge is 2.30. The Balaban J connectivity index is 1.22. The topological polar surface area (TPSA) is 84.9 Å². The summed E-state index contributed by atoms with van der Waals surface area (Å²) in [6.45, 7) is 4.44. The fourth-order valence-corrected chi connectivity index (χ4v) is 5.33. The third kappa shape index (κ3) is 5.80. The van der Waals surface area contributed by atoms with Gasteiger partial charge in [-0.1, -0.05) is 91.0 Å². The number of hydrogen-bond donors (Lipinski definition) is 2. The second-order valence-corrected chi connectivity index (χ2v) is 9.90. The molecule has 1 atom stereocenters. The molecule has 6 nitrogen and oxygen atoms in total. The lowest BCUT2D eigenvalue weighted by Gasteiger charge is -2.19. The van der Waals surface area contributed by atoms with Crippen molar-refractivity contribution in [2.45, 2.75) is 38.8 Å². The van der Waals surface area contributed by atoms with Crippen molar-refractivity contribution in [2.24, 2.45) is 0 Å². The van der Waals surface area contributed by atoms with Crippen LogP contribution in [0.3, 0.4) is 0 Å². The Morgan fingerprint density at radius 3 is 1.97 bits per heavy atom. The predicted octanol–water partition coefficient (Wildman–Crippen LogP) is 6.42. The van der Waals surface area contributed by atoms with Crippen molar-refractivity contribution in [3.05, 3.63) is 124 Å². The normalized spacial score (nSPS) is 12.8. The van der Waals surface area contributed by atoms with Gasteiger partial charge < -0.3 is 19.9 Å². The van der Waals surface area contributed by atoms with E-state index in [0.717, 1.165) is 50.3 Å². The first-order valence-corrected chi connectivity index (χ1v) is 13.0. The zero-order valence-electron chi connectivity index (χ0n) is 22.0. The van der Waals surface area contributed by atoms with E-state index >= 15 is 0 Å². The summed E-state index contributed by atoms with van der Waals surface area (Å²) < 4.78 is 11.6. The minimum absolute atomic E-state index is 0.0971. The maximum absolute atomic E-state index is 12.7. The van der Waals surface area contributed by atoms with Crippen LogP contribution in [0.1, 0.15) is 39.3 Å². The molecule has 0 bridgehead atoms. The van der Waals surface area contributed by atoms with Gasteiger partial charge in [0.25, 0.3) is 0 Å². The molecule has 0 fully saturated rings. The maximum Gasteiger partial charge on any atom is 0.407 e. The van der Waals surface area contributed by atoms with E-state index in [1.165, 1.54) is 0 Å². The van der Waals surface area contributed by atoms with Crippen LogP contribution < -0.4 is 10.1 Å². The van der Waals surface area contributed by atoms with Gasteiger partial charge in [0.1, 0.15) is 25.0 Å². The quantitative estimate of drug-likeness (QED) is 0.266. The second-order valence-electron chi connectivity index (χ2n) is 9.90. The molecule has 4 aromatic rings. The van der Waals surface area contributed by atoms with Gasteiger partial charge in [-0.2, -0.15) is 0 Å². The largest absolute Gasteiger partial charge is 0.488 e. The van der Waals surface area contributed by atoms with E-state index < -0.39 is 18.1 Å². The van der Waals surface area contributed by atoms with Crippen molar-refractivity contribution in [1.82, 2.24) is 5.32 Å². The highest BCUT2D eigenvalue weighted by atomic mass is 16.5. The Morgan fingerprint density at radius 1 is 0.821 bits per heavy atom. The molecule has 6 heteroatoms. The molecule has 1 amide bonds. The number of aryl methyl sites for hydroxylation is 2.